The lowest BCUT2D eigenvalue weighted by Crippen LogP contribution is -1.93. The molecule has 156 valence electrons. The summed E-state index contributed by atoms with van der Waals surface area (Å²) in [6, 6.07) is 19.5. The number of rotatable bonds is 6. The highest BCUT2D eigenvalue weighted by Crippen LogP contribution is 2.47. The Morgan fingerprint density at radius 2 is 1.65 bits per heavy atom. The number of carbonyl (C=O) groups excluding carboxylic acids is 1. The van der Waals surface area contributed by atoms with E-state index in [1.54, 1.807) is 36.7 Å². The summed E-state index contributed by atoms with van der Waals surface area (Å²) >= 11 is 1.56. The molecule has 0 radical (unpaired) electrons. The third-order valence-corrected chi connectivity index (χ3v) is 5.85. The lowest BCUT2D eigenvalue weighted by Gasteiger charge is -2.09. The van der Waals surface area contributed by atoms with Crippen molar-refractivity contribution < 1.29 is 23.4 Å². The Morgan fingerprint density at radius 1 is 0.935 bits per heavy atom. The predicted molar refractivity (Wildman–Crippen MR) is 121 cm³/mol. The maximum absolute atomic E-state index is 13.4. The van der Waals surface area contributed by atoms with E-state index >= 15 is 0 Å². The van der Waals surface area contributed by atoms with Crippen LogP contribution < -0.4 is 9.47 Å². The molecule has 0 aliphatic carbocycles. The second kappa shape index (κ2) is 9.02. The molecule has 1 aromatic heterocycles. The standard InChI is InChI=1S/C25H19FO4S/c1-28-20-12-13-21-22(15-20)31-25(17-6-8-18(26)9-7-17)24(21)30-19-10-3-16(4-11-19)5-14-23(27)29-2/h3-15H,1-2H3/b14-5+. The molecule has 0 fully saturated rings. The number of halogens is 1. The minimum atomic E-state index is -0.413. The highest BCUT2D eigenvalue weighted by molar-refractivity contribution is 7.22. The van der Waals surface area contributed by atoms with Gasteiger partial charge in [0.1, 0.15) is 17.3 Å². The van der Waals surface area contributed by atoms with E-state index in [1.807, 2.05) is 42.5 Å². The van der Waals surface area contributed by atoms with Crippen LogP contribution in [0.5, 0.6) is 17.2 Å². The van der Waals surface area contributed by atoms with E-state index in [9.17, 15) is 9.18 Å². The fraction of sp³-hybridized carbons (Fsp3) is 0.0800. The van der Waals surface area contributed by atoms with E-state index in [2.05, 4.69) is 4.74 Å². The molecule has 4 rings (SSSR count). The van der Waals surface area contributed by atoms with Crippen LogP contribution in [0.3, 0.4) is 0 Å². The topological polar surface area (TPSA) is 44.8 Å². The smallest absolute Gasteiger partial charge is 0.330 e. The molecule has 4 aromatic rings. The average Bonchev–Trinajstić information content (AvgIpc) is 3.16. The molecule has 3 aromatic carbocycles. The first kappa shape index (κ1) is 20.6. The molecule has 0 amide bonds. The third-order valence-electron chi connectivity index (χ3n) is 4.67. The monoisotopic (exact) mass is 434 g/mol. The molecule has 0 saturated heterocycles. The molecule has 31 heavy (non-hydrogen) atoms. The fourth-order valence-corrected chi connectivity index (χ4v) is 4.23. The largest absolute Gasteiger partial charge is 0.497 e. The van der Waals surface area contributed by atoms with Gasteiger partial charge in [-0.2, -0.15) is 0 Å². The van der Waals surface area contributed by atoms with Gasteiger partial charge in [-0.15, -0.1) is 11.3 Å². The van der Waals surface area contributed by atoms with Crippen molar-refractivity contribution in [3.8, 4) is 27.7 Å². The van der Waals surface area contributed by atoms with Crippen molar-refractivity contribution >= 4 is 33.5 Å². The van der Waals surface area contributed by atoms with Crippen molar-refractivity contribution in [2.24, 2.45) is 0 Å². The molecule has 4 nitrogen and oxygen atoms in total. The Balaban J connectivity index is 1.72. The van der Waals surface area contributed by atoms with Crippen LogP contribution >= 0.6 is 11.3 Å². The predicted octanol–water partition coefficient (Wildman–Crippen LogP) is 6.69. The summed E-state index contributed by atoms with van der Waals surface area (Å²) in [4.78, 5) is 12.2. The van der Waals surface area contributed by atoms with Gasteiger partial charge < -0.3 is 14.2 Å². The number of esters is 1. The van der Waals surface area contributed by atoms with Crippen LogP contribution in [0, 0.1) is 5.82 Å². The number of thiophene rings is 1. The summed E-state index contributed by atoms with van der Waals surface area (Å²) in [6.45, 7) is 0. The molecular weight excluding hydrogens is 415 g/mol. The number of carbonyl (C=O) groups is 1. The first-order valence-electron chi connectivity index (χ1n) is 9.48. The van der Waals surface area contributed by atoms with Crippen molar-refractivity contribution in [1.82, 2.24) is 0 Å². The first-order chi connectivity index (χ1) is 15.1. The van der Waals surface area contributed by atoms with Gasteiger partial charge in [-0.05, 0) is 59.7 Å². The molecule has 6 heteroatoms. The Morgan fingerprint density at radius 3 is 2.32 bits per heavy atom. The quantitative estimate of drug-likeness (QED) is 0.250. The van der Waals surface area contributed by atoms with E-state index in [4.69, 9.17) is 9.47 Å². The molecule has 0 aliphatic rings. The summed E-state index contributed by atoms with van der Waals surface area (Å²) in [5.41, 5.74) is 1.71. The lowest BCUT2D eigenvalue weighted by molar-refractivity contribution is -0.134. The van der Waals surface area contributed by atoms with Gasteiger partial charge in [-0.3, -0.25) is 0 Å². The Bertz CT molecular complexity index is 1240. The number of methoxy groups -OCH3 is 2. The zero-order chi connectivity index (χ0) is 21.8. The van der Waals surface area contributed by atoms with Gasteiger partial charge in [0.15, 0.2) is 5.75 Å². The molecule has 0 aliphatic heterocycles. The Labute approximate surface area is 183 Å². The summed E-state index contributed by atoms with van der Waals surface area (Å²) < 4.78 is 30.7. The van der Waals surface area contributed by atoms with Gasteiger partial charge in [-0.1, -0.05) is 24.3 Å². The lowest BCUT2D eigenvalue weighted by atomic mass is 10.1. The molecular formula is C25H19FO4S. The Hall–Kier alpha value is -3.64. The van der Waals surface area contributed by atoms with Crippen molar-refractivity contribution in [3.63, 3.8) is 0 Å². The minimum Gasteiger partial charge on any atom is -0.497 e. The van der Waals surface area contributed by atoms with Gasteiger partial charge in [0.2, 0.25) is 0 Å². The van der Waals surface area contributed by atoms with Crippen LogP contribution in [0.4, 0.5) is 4.39 Å². The normalized spacial score (nSPS) is 11.1. The van der Waals surface area contributed by atoms with Crippen LogP contribution in [0.2, 0.25) is 0 Å². The molecule has 0 unspecified atom stereocenters. The summed E-state index contributed by atoms with van der Waals surface area (Å²) in [6.07, 6.45) is 3.04. The molecule has 0 saturated carbocycles. The third kappa shape index (κ3) is 4.59. The first-order valence-corrected chi connectivity index (χ1v) is 10.3. The van der Waals surface area contributed by atoms with Gasteiger partial charge in [-0.25, -0.2) is 9.18 Å². The molecule has 0 atom stereocenters. The number of hydrogen-bond acceptors (Lipinski definition) is 5. The Kier molecular flexibility index (Phi) is 6.00. The van der Waals surface area contributed by atoms with Gasteiger partial charge in [0.05, 0.1) is 19.1 Å². The highest BCUT2D eigenvalue weighted by atomic mass is 32.1. The number of hydrogen-bond donors (Lipinski definition) is 0. The van der Waals surface area contributed by atoms with E-state index in [1.165, 1.54) is 25.3 Å². The van der Waals surface area contributed by atoms with Crippen molar-refractivity contribution in [3.05, 3.63) is 84.2 Å². The van der Waals surface area contributed by atoms with Crippen LogP contribution in [0.1, 0.15) is 5.56 Å². The van der Waals surface area contributed by atoms with Crippen LogP contribution in [0.15, 0.2) is 72.8 Å². The van der Waals surface area contributed by atoms with Crippen molar-refractivity contribution in [1.29, 1.82) is 0 Å². The van der Waals surface area contributed by atoms with E-state index in [0.29, 0.717) is 11.5 Å². The van der Waals surface area contributed by atoms with Crippen LogP contribution in [-0.4, -0.2) is 20.2 Å². The van der Waals surface area contributed by atoms with Gasteiger partial charge in [0.25, 0.3) is 0 Å². The minimum absolute atomic E-state index is 0.287. The van der Waals surface area contributed by atoms with Crippen molar-refractivity contribution in [2.45, 2.75) is 0 Å². The maximum atomic E-state index is 13.4. The van der Waals surface area contributed by atoms with Gasteiger partial charge in [0, 0.05) is 16.2 Å². The van der Waals surface area contributed by atoms with E-state index < -0.39 is 5.97 Å². The van der Waals surface area contributed by atoms with Crippen LogP contribution in [0.25, 0.3) is 26.6 Å². The molecule has 1 heterocycles. The maximum Gasteiger partial charge on any atom is 0.330 e. The second-order valence-corrected chi connectivity index (χ2v) is 7.71. The second-order valence-electron chi connectivity index (χ2n) is 6.66. The number of fused-ring (bicyclic) bond motifs is 1. The summed E-state index contributed by atoms with van der Waals surface area (Å²) in [5.74, 6) is 1.41. The zero-order valence-corrected chi connectivity index (χ0v) is 17.7. The SMILES string of the molecule is COC(=O)/C=C/c1ccc(Oc2c(-c3ccc(F)cc3)sc3cc(OC)ccc23)cc1. The van der Waals surface area contributed by atoms with E-state index in [-0.39, 0.29) is 5.82 Å². The molecule has 0 N–H and O–H groups in total. The average molecular weight is 434 g/mol. The number of ether oxygens (including phenoxy) is 3. The highest BCUT2D eigenvalue weighted by Gasteiger charge is 2.17. The molecule has 0 bridgehead atoms. The van der Waals surface area contributed by atoms with Crippen LogP contribution in [-0.2, 0) is 9.53 Å². The van der Waals surface area contributed by atoms with Gasteiger partial charge >= 0.3 is 5.97 Å². The molecule has 0 spiro atoms. The fourth-order valence-electron chi connectivity index (χ4n) is 3.07. The van der Waals surface area contributed by atoms with Crippen molar-refractivity contribution in [2.75, 3.05) is 14.2 Å². The summed E-state index contributed by atoms with van der Waals surface area (Å²) in [7, 11) is 2.96. The summed E-state index contributed by atoms with van der Waals surface area (Å²) in [5, 5.41) is 0.944. The van der Waals surface area contributed by atoms with E-state index in [0.717, 1.165) is 31.8 Å². The zero-order valence-electron chi connectivity index (χ0n) is 16.9. The number of benzene rings is 3.